The molecule has 35 heavy (non-hydrogen) atoms. The van der Waals surface area contributed by atoms with E-state index < -0.39 is 0 Å². The lowest BCUT2D eigenvalue weighted by molar-refractivity contribution is -0.106. The minimum absolute atomic E-state index is 0.140. The molecule has 0 fully saturated rings. The van der Waals surface area contributed by atoms with E-state index in [4.69, 9.17) is 14.3 Å². The van der Waals surface area contributed by atoms with E-state index >= 15 is 0 Å². The molecule has 0 radical (unpaired) electrons. The Kier molecular flexibility index (Phi) is 14.6. The van der Waals surface area contributed by atoms with Gasteiger partial charge in [0.25, 0.3) is 0 Å². The summed E-state index contributed by atoms with van der Waals surface area (Å²) in [6.45, 7) is 13.1. The largest absolute Gasteiger partial charge is 0.493 e. The quantitative estimate of drug-likeness (QED) is 0.226. The zero-order valence-corrected chi connectivity index (χ0v) is 22.9. The maximum Gasteiger partial charge on any atom is 0.165 e. The maximum atomic E-state index is 11.8. The Morgan fingerprint density at radius 1 is 1.06 bits per heavy atom. The lowest BCUT2D eigenvalue weighted by Crippen LogP contribution is -2.31. The number of benzene rings is 2. The molecular formula is C30H45NO4. The molecule has 5 heteroatoms. The van der Waals surface area contributed by atoms with Gasteiger partial charge in [-0.25, -0.2) is 0 Å². The van der Waals surface area contributed by atoms with E-state index in [2.05, 4.69) is 24.0 Å². The highest BCUT2D eigenvalue weighted by atomic mass is 16.5. The molecule has 0 saturated carbocycles. The van der Waals surface area contributed by atoms with E-state index in [9.17, 15) is 4.79 Å². The van der Waals surface area contributed by atoms with E-state index in [1.807, 2.05) is 45.0 Å². The summed E-state index contributed by atoms with van der Waals surface area (Å²) in [4.78, 5) is 23.1. The Bertz CT molecular complexity index is 909. The van der Waals surface area contributed by atoms with Crippen molar-refractivity contribution < 1.29 is 19.1 Å². The molecule has 194 valence electrons. The molecule has 0 aliphatic carbocycles. The van der Waals surface area contributed by atoms with Crippen molar-refractivity contribution in [1.82, 2.24) is 4.90 Å². The summed E-state index contributed by atoms with van der Waals surface area (Å²) >= 11 is 0. The number of hydrogen-bond acceptors (Lipinski definition) is 5. The van der Waals surface area contributed by atoms with Gasteiger partial charge >= 0.3 is 0 Å². The third kappa shape index (κ3) is 9.85. The number of carbonyl (C=O) groups is 2. The number of aldehydes is 1. The lowest BCUT2D eigenvalue weighted by atomic mass is 9.94. The number of hydrogen-bond donors (Lipinski definition) is 0. The predicted molar refractivity (Wildman–Crippen MR) is 145 cm³/mol. The van der Waals surface area contributed by atoms with Crippen LogP contribution >= 0.6 is 0 Å². The maximum absolute atomic E-state index is 11.8. The molecule has 0 spiro atoms. The molecule has 2 aromatic rings. The van der Waals surface area contributed by atoms with E-state index in [0.717, 1.165) is 54.8 Å². The van der Waals surface area contributed by atoms with Gasteiger partial charge in [0, 0.05) is 24.6 Å². The van der Waals surface area contributed by atoms with Crippen LogP contribution in [0.25, 0.3) is 0 Å². The second-order valence-corrected chi connectivity index (χ2v) is 8.93. The number of rotatable bonds is 9. The molecule has 0 aromatic heterocycles. The van der Waals surface area contributed by atoms with Gasteiger partial charge in [-0.05, 0) is 68.5 Å². The van der Waals surface area contributed by atoms with Crippen molar-refractivity contribution in [3.8, 4) is 11.5 Å². The summed E-state index contributed by atoms with van der Waals surface area (Å²) in [5.41, 5.74) is 4.74. The van der Waals surface area contributed by atoms with Crippen LogP contribution in [0, 0.1) is 12.8 Å². The third-order valence-electron chi connectivity index (χ3n) is 6.35. The Labute approximate surface area is 212 Å². The topological polar surface area (TPSA) is 55.8 Å². The van der Waals surface area contributed by atoms with Gasteiger partial charge in [-0.2, -0.15) is 0 Å². The van der Waals surface area contributed by atoms with Crippen LogP contribution in [0.5, 0.6) is 11.5 Å². The summed E-state index contributed by atoms with van der Waals surface area (Å²) < 4.78 is 10.8. The number of methoxy groups -OCH3 is 2. The molecule has 1 aliphatic heterocycles. The second kappa shape index (κ2) is 16.9. The molecular weight excluding hydrogens is 438 g/mol. The fraction of sp³-hybridized carbons (Fsp3) is 0.533. The van der Waals surface area contributed by atoms with Crippen LogP contribution in [-0.4, -0.2) is 44.3 Å². The second-order valence-electron chi connectivity index (χ2n) is 8.93. The standard InChI is InChI=1S/C16H25NO2.C12H16O.C2H4O/c1-4-5-6-8-17-9-7-13-10-15(18-2)16(19-3)11-14(13)12-17;1-4-9(2)12(13)11-8-6-5-7-10(11)3;1-2-3/h10-11H,4-9,12H2,1-3H3;5-9H,4H2,1-3H3;2H,1H3. The summed E-state index contributed by atoms with van der Waals surface area (Å²) in [6, 6.07) is 12.0. The lowest BCUT2D eigenvalue weighted by Gasteiger charge is -2.29. The van der Waals surface area contributed by atoms with Crippen molar-refractivity contribution in [3.63, 3.8) is 0 Å². The molecule has 1 aliphatic rings. The van der Waals surface area contributed by atoms with Crippen LogP contribution in [0.1, 0.15) is 80.4 Å². The Morgan fingerprint density at radius 3 is 2.20 bits per heavy atom. The molecule has 0 amide bonds. The molecule has 1 atom stereocenters. The summed E-state index contributed by atoms with van der Waals surface area (Å²) in [6.07, 6.45) is 6.69. The van der Waals surface area contributed by atoms with Crippen LogP contribution in [0.3, 0.4) is 0 Å². The van der Waals surface area contributed by atoms with Crippen molar-refractivity contribution >= 4 is 12.1 Å². The van der Waals surface area contributed by atoms with Crippen molar-refractivity contribution in [3.05, 3.63) is 58.7 Å². The number of carbonyl (C=O) groups excluding carboxylic acids is 2. The molecule has 0 bridgehead atoms. The van der Waals surface area contributed by atoms with E-state index in [1.54, 1.807) is 14.2 Å². The monoisotopic (exact) mass is 483 g/mol. The van der Waals surface area contributed by atoms with Crippen molar-refractivity contribution in [1.29, 1.82) is 0 Å². The average Bonchev–Trinajstić information content (AvgIpc) is 2.88. The van der Waals surface area contributed by atoms with E-state index in [0.29, 0.717) is 0 Å². The van der Waals surface area contributed by atoms with Gasteiger partial charge in [-0.15, -0.1) is 0 Å². The Morgan fingerprint density at radius 2 is 1.66 bits per heavy atom. The average molecular weight is 484 g/mol. The molecule has 1 heterocycles. The first kappa shape index (κ1) is 30.4. The van der Waals surface area contributed by atoms with Crippen LogP contribution in [-0.2, 0) is 17.8 Å². The van der Waals surface area contributed by atoms with Crippen LogP contribution < -0.4 is 9.47 Å². The number of unbranched alkanes of at least 4 members (excludes halogenated alkanes) is 2. The smallest absolute Gasteiger partial charge is 0.165 e. The fourth-order valence-corrected chi connectivity index (χ4v) is 4.02. The number of ether oxygens (including phenoxy) is 2. The first-order valence-corrected chi connectivity index (χ1v) is 12.8. The predicted octanol–water partition coefficient (Wildman–Crippen LogP) is 6.68. The Balaban J connectivity index is 0.000000333. The van der Waals surface area contributed by atoms with E-state index in [1.165, 1.54) is 43.9 Å². The number of fused-ring (bicyclic) bond motifs is 1. The van der Waals surface area contributed by atoms with Gasteiger partial charge in [0.1, 0.15) is 6.29 Å². The van der Waals surface area contributed by atoms with Crippen molar-refractivity contribution in [2.24, 2.45) is 5.92 Å². The SMILES string of the molecule is CC=O.CCC(C)C(=O)c1ccccc1C.CCCCCN1CCc2cc(OC)c(OC)cc2C1. The zero-order chi connectivity index (χ0) is 26.2. The van der Waals surface area contributed by atoms with Crippen LogP contribution in [0.4, 0.5) is 0 Å². The molecule has 2 aromatic carbocycles. The zero-order valence-electron chi connectivity index (χ0n) is 22.9. The van der Waals surface area contributed by atoms with Gasteiger partial charge in [-0.3, -0.25) is 9.69 Å². The van der Waals surface area contributed by atoms with Gasteiger partial charge in [0.05, 0.1) is 14.2 Å². The van der Waals surface area contributed by atoms with Gasteiger partial charge in [0.2, 0.25) is 0 Å². The van der Waals surface area contributed by atoms with Crippen LogP contribution in [0.2, 0.25) is 0 Å². The molecule has 3 rings (SSSR count). The normalized spacial score (nSPS) is 13.2. The minimum Gasteiger partial charge on any atom is -0.493 e. The molecule has 0 saturated heterocycles. The van der Waals surface area contributed by atoms with Gasteiger partial charge in [-0.1, -0.05) is 57.9 Å². The first-order chi connectivity index (χ1) is 16.9. The van der Waals surface area contributed by atoms with E-state index in [-0.39, 0.29) is 11.7 Å². The molecule has 1 unspecified atom stereocenters. The first-order valence-electron chi connectivity index (χ1n) is 12.8. The summed E-state index contributed by atoms with van der Waals surface area (Å²) in [7, 11) is 3.40. The summed E-state index contributed by atoms with van der Waals surface area (Å²) in [5, 5.41) is 0. The number of nitrogens with zero attached hydrogens (tertiary/aromatic N) is 1. The van der Waals surface area contributed by atoms with Crippen molar-refractivity contribution in [2.75, 3.05) is 27.3 Å². The number of Topliss-reactive ketones (excluding diaryl/α,β-unsaturated/α-hetero) is 1. The van der Waals surface area contributed by atoms with Crippen molar-refractivity contribution in [2.45, 2.75) is 73.3 Å². The molecule has 0 N–H and O–H groups in total. The highest BCUT2D eigenvalue weighted by Gasteiger charge is 2.19. The van der Waals surface area contributed by atoms with Crippen LogP contribution in [0.15, 0.2) is 36.4 Å². The van der Waals surface area contributed by atoms with Gasteiger partial charge in [0.15, 0.2) is 17.3 Å². The minimum atomic E-state index is 0.140. The highest BCUT2D eigenvalue weighted by molar-refractivity contribution is 5.98. The highest BCUT2D eigenvalue weighted by Crippen LogP contribution is 2.33. The number of ketones is 1. The fourth-order valence-electron chi connectivity index (χ4n) is 4.02. The van der Waals surface area contributed by atoms with Gasteiger partial charge < -0.3 is 14.3 Å². The number of aryl methyl sites for hydroxylation is 1. The molecule has 5 nitrogen and oxygen atoms in total. The summed E-state index contributed by atoms with van der Waals surface area (Å²) in [5.74, 6) is 2.10. The Hall–Kier alpha value is -2.66. The third-order valence-corrected chi connectivity index (χ3v) is 6.35.